The van der Waals surface area contributed by atoms with Crippen molar-refractivity contribution in [2.75, 3.05) is 20.7 Å². The topological polar surface area (TPSA) is 9.23 Å². The van der Waals surface area contributed by atoms with E-state index < -0.39 is 0 Å². The van der Waals surface area contributed by atoms with Crippen molar-refractivity contribution in [1.29, 1.82) is 0 Å². The average Bonchev–Trinajstić information content (AvgIpc) is 2.02. The van der Waals surface area contributed by atoms with Crippen molar-refractivity contribution in [3.8, 4) is 0 Å². The van der Waals surface area contributed by atoms with Crippen LogP contribution in [0.1, 0.15) is 41.0 Å². The van der Waals surface area contributed by atoms with Gasteiger partial charge in [-0.2, -0.15) is 0 Å². The second-order valence-corrected chi connectivity index (χ2v) is 4.68. The van der Waals surface area contributed by atoms with Crippen molar-refractivity contribution in [2.45, 2.75) is 52.8 Å². The van der Waals surface area contributed by atoms with Gasteiger partial charge in [-0.25, -0.2) is 0 Å². The van der Waals surface area contributed by atoms with E-state index >= 15 is 0 Å². The van der Waals surface area contributed by atoms with Crippen LogP contribution in [0.15, 0.2) is 0 Å². The first-order chi connectivity index (χ1) is 5.79. The largest absolute Gasteiger partial charge is 0.327 e. The summed E-state index contributed by atoms with van der Waals surface area (Å²) in [6, 6.07) is 0.626. The maximum absolute atomic E-state index is 5.79. The zero-order chi connectivity index (χ0) is 10.7. The summed E-state index contributed by atoms with van der Waals surface area (Å²) >= 11 is 0. The molecule has 0 saturated heterocycles. The van der Waals surface area contributed by atoms with Gasteiger partial charge in [0, 0.05) is 13.8 Å². The molecule has 2 nitrogen and oxygen atoms in total. The van der Waals surface area contributed by atoms with E-state index in [1.165, 1.54) is 6.42 Å². The Balaban J connectivity index is 4.58. The molecule has 0 radical (unpaired) electrons. The standard InChI is InChI=1S/C11H26NO/c1-8-10(3)12(6,7)11(4,5)13-9-2/h10H,8-9H2,1-7H3/q+1. The monoisotopic (exact) mass is 188 g/mol. The number of hydrogen-bond acceptors (Lipinski definition) is 1. The molecule has 0 N–H and O–H groups in total. The lowest BCUT2D eigenvalue weighted by Gasteiger charge is -2.47. The van der Waals surface area contributed by atoms with E-state index in [0.717, 1.165) is 11.1 Å². The van der Waals surface area contributed by atoms with Crippen LogP contribution in [0.2, 0.25) is 0 Å². The molecule has 0 heterocycles. The highest BCUT2D eigenvalue weighted by molar-refractivity contribution is 4.59. The fourth-order valence-corrected chi connectivity index (χ4v) is 1.51. The molecule has 0 spiro atoms. The lowest BCUT2D eigenvalue weighted by atomic mass is 10.1. The molecule has 0 fully saturated rings. The van der Waals surface area contributed by atoms with Crippen LogP contribution in [-0.2, 0) is 4.74 Å². The van der Waals surface area contributed by atoms with Gasteiger partial charge in [-0.3, -0.25) is 4.48 Å². The minimum Gasteiger partial charge on any atom is -0.327 e. The molecular formula is C11H26NO+. The molecule has 1 unspecified atom stereocenters. The van der Waals surface area contributed by atoms with Gasteiger partial charge in [0.05, 0.1) is 26.7 Å². The Hall–Kier alpha value is -0.0800. The summed E-state index contributed by atoms with van der Waals surface area (Å²) < 4.78 is 6.70. The summed E-state index contributed by atoms with van der Waals surface area (Å²) in [5.74, 6) is 0. The van der Waals surface area contributed by atoms with Gasteiger partial charge in [-0.05, 0) is 20.3 Å². The van der Waals surface area contributed by atoms with Gasteiger partial charge in [0.2, 0.25) is 0 Å². The van der Waals surface area contributed by atoms with Crippen LogP contribution in [0.25, 0.3) is 0 Å². The smallest absolute Gasteiger partial charge is 0.197 e. The molecule has 0 bridgehead atoms. The molecule has 0 aromatic carbocycles. The van der Waals surface area contributed by atoms with E-state index in [0.29, 0.717) is 6.04 Å². The highest BCUT2D eigenvalue weighted by Crippen LogP contribution is 2.26. The summed E-state index contributed by atoms with van der Waals surface area (Å²) in [5.41, 5.74) is -0.0931. The number of rotatable bonds is 5. The van der Waals surface area contributed by atoms with Gasteiger partial charge in [-0.1, -0.05) is 6.92 Å². The summed E-state index contributed by atoms with van der Waals surface area (Å²) in [4.78, 5) is 0. The predicted octanol–water partition coefficient (Wildman–Crippen LogP) is 2.63. The maximum Gasteiger partial charge on any atom is 0.197 e. The van der Waals surface area contributed by atoms with Gasteiger partial charge in [0.1, 0.15) is 0 Å². The van der Waals surface area contributed by atoms with Crippen LogP contribution in [-0.4, -0.2) is 37.0 Å². The van der Waals surface area contributed by atoms with Crippen LogP contribution in [0, 0.1) is 0 Å². The molecular weight excluding hydrogens is 162 g/mol. The first-order valence-corrected chi connectivity index (χ1v) is 5.27. The Labute approximate surface area is 83.5 Å². The minimum absolute atomic E-state index is 0.0931. The summed E-state index contributed by atoms with van der Waals surface area (Å²) in [7, 11) is 4.48. The summed E-state index contributed by atoms with van der Waals surface area (Å²) in [5, 5.41) is 0. The van der Waals surface area contributed by atoms with Gasteiger partial charge in [0.15, 0.2) is 5.72 Å². The molecule has 0 aliphatic rings. The van der Waals surface area contributed by atoms with Crippen molar-refractivity contribution >= 4 is 0 Å². The van der Waals surface area contributed by atoms with Gasteiger partial charge < -0.3 is 4.74 Å². The second kappa shape index (κ2) is 4.43. The highest BCUT2D eigenvalue weighted by Gasteiger charge is 2.40. The predicted molar refractivity (Wildman–Crippen MR) is 57.6 cm³/mol. The molecule has 13 heavy (non-hydrogen) atoms. The third kappa shape index (κ3) is 2.68. The fourth-order valence-electron chi connectivity index (χ4n) is 1.51. The average molecular weight is 188 g/mol. The molecule has 0 aromatic rings. The van der Waals surface area contributed by atoms with Crippen molar-refractivity contribution in [2.24, 2.45) is 0 Å². The Morgan fingerprint density at radius 1 is 1.23 bits per heavy atom. The number of quaternary nitrogens is 1. The Bertz CT molecular complexity index is 152. The molecule has 80 valence electrons. The molecule has 1 atom stereocenters. The molecule has 0 aliphatic heterocycles. The Morgan fingerprint density at radius 3 is 2.00 bits per heavy atom. The fraction of sp³-hybridized carbons (Fsp3) is 1.00. The van der Waals surface area contributed by atoms with Crippen molar-refractivity contribution in [1.82, 2.24) is 0 Å². The van der Waals surface area contributed by atoms with Crippen molar-refractivity contribution in [3.63, 3.8) is 0 Å². The van der Waals surface area contributed by atoms with Gasteiger partial charge in [-0.15, -0.1) is 0 Å². The van der Waals surface area contributed by atoms with E-state index in [-0.39, 0.29) is 5.72 Å². The first kappa shape index (κ1) is 12.9. The van der Waals surface area contributed by atoms with Crippen LogP contribution in [0.5, 0.6) is 0 Å². The van der Waals surface area contributed by atoms with Crippen molar-refractivity contribution in [3.05, 3.63) is 0 Å². The van der Waals surface area contributed by atoms with Crippen LogP contribution >= 0.6 is 0 Å². The van der Waals surface area contributed by atoms with Gasteiger partial charge in [0.25, 0.3) is 0 Å². The zero-order valence-corrected chi connectivity index (χ0v) is 10.3. The molecule has 0 amide bonds. The normalized spacial score (nSPS) is 15.9. The Kier molecular flexibility index (Phi) is 4.40. The van der Waals surface area contributed by atoms with Gasteiger partial charge >= 0.3 is 0 Å². The highest BCUT2D eigenvalue weighted by atomic mass is 16.5. The van der Waals surface area contributed by atoms with Crippen LogP contribution < -0.4 is 0 Å². The lowest BCUT2D eigenvalue weighted by molar-refractivity contribution is -0.983. The summed E-state index contributed by atoms with van der Waals surface area (Å²) in [6.07, 6.45) is 1.18. The van der Waals surface area contributed by atoms with E-state index in [4.69, 9.17) is 4.74 Å². The molecule has 0 rings (SSSR count). The quantitative estimate of drug-likeness (QED) is 0.476. The molecule has 0 saturated carbocycles. The minimum atomic E-state index is -0.0931. The third-order valence-electron chi connectivity index (χ3n) is 3.58. The van der Waals surface area contributed by atoms with Crippen molar-refractivity contribution < 1.29 is 9.22 Å². The Morgan fingerprint density at radius 2 is 1.69 bits per heavy atom. The third-order valence-corrected chi connectivity index (χ3v) is 3.58. The number of nitrogens with zero attached hydrogens (tertiary/aromatic N) is 1. The molecule has 0 aromatic heterocycles. The molecule has 0 aliphatic carbocycles. The first-order valence-electron chi connectivity index (χ1n) is 5.27. The van der Waals surface area contributed by atoms with E-state index in [1.54, 1.807) is 0 Å². The van der Waals surface area contributed by atoms with E-state index in [1.807, 2.05) is 0 Å². The second-order valence-electron chi connectivity index (χ2n) is 4.68. The van der Waals surface area contributed by atoms with E-state index in [9.17, 15) is 0 Å². The number of ether oxygens (including phenoxy) is 1. The number of hydrogen-bond donors (Lipinski definition) is 0. The summed E-state index contributed by atoms with van der Waals surface area (Å²) in [6.45, 7) is 11.7. The van der Waals surface area contributed by atoms with Crippen LogP contribution in [0.4, 0.5) is 0 Å². The van der Waals surface area contributed by atoms with E-state index in [2.05, 4.69) is 48.7 Å². The SMILES string of the molecule is CCOC(C)(C)[N+](C)(C)C(C)CC. The molecule has 2 heteroatoms. The maximum atomic E-state index is 5.79. The van der Waals surface area contributed by atoms with Crippen LogP contribution in [0.3, 0.4) is 0 Å². The lowest BCUT2D eigenvalue weighted by Crippen LogP contribution is -2.61. The zero-order valence-electron chi connectivity index (χ0n) is 10.3.